The van der Waals surface area contributed by atoms with E-state index in [1.807, 2.05) is 0 Å². The van der Waals surface area contributed by atoms with Gasteiger partial charge >= 0.3 is 18.0 Å². The van der Waals surface area contributed by atoms with Crippen LogP contribution in [0.2, 0.25) is 0 Å². The molecule has 0 N–H and O–H groups in total. The second-order valence-corrected chi connectivity index (χ2v) is 5.29. The monoisotopic (exact) mass is 338 g/mol. The van der Waals surface area contributed by atoms with Crippen LogP contribution >= 0.6 is 0 Å². The molecule has 23 heavy (non-hydrogen) atoms. The van der Waals surface area contributed by atoms with E-state index in [1.165, 1.54) is 6.92 Å². The third-order valence-corrected chi connectivity index (χ3v) is 3.62. The molecule has 0 amide bonds. The Morgan fingerprint density at radius 1 is 0.870 bits per heavy atom. The van der Waals surface area contributed by atoms with Gasteiger partial charge in [0, 0.05) is 16.6 Å². The summed E-state index contributed by atoms with van der Waals surface area (Å²) in [6.07, 6.45) is -12.3. The van der Waals surface area contributed by atoms with E-state index in [-0.39, 0.29) is 16.5 Å². The largest absolute Gasteiger partial charge is 0.435 e. The topological polar surface area (TPSA) is 12.9 Å². The van der Waals surface area contributed by atoms with Gasteiger partial charge in [0.05, 0.1) is 5.52 Å². The molecule has 8 heteroatoms. The van der Waals surface area contributed by atoms with Crippen molar-refractivity contribution < 1.29 is 30.7 Å². The van der Waals surface area contributed by atoms with E-state index in [1.54, 1.807) is 13.8 Å². The van der Waals surface area contributed by atoms with E-state index in [0.717, 1.165) is 0 Å². The summed E-state index contributed by atoms with van der Waals surface area (Å²) in [4.78, 5) is 4.11. The normalized spacial score (nSPS) is 13.7. The Bertz CT molecular complexity index is 745. The first-order valence-electron chi connectivity index (χ1n) is 6.42. The van der Waals surface area contributed by atoms with Crippen molar-refractivity contribution in [1.29, 1.82) is 0 Å². The Morgan fingerprint density at radius 3 is 1.87 bits per heavy atom. The molecule has 0 unspecified atom stereocenters. The lowest BCUT2D eigenvalue weighted by atomic mass is 9.91. The zero-order valence-corrected chi connectivity index (χ0v) is 12.2. The van der Waals surface area contributed by atoms with Gasteiger partial charge in [-0.05, 0) is 50.1 Å². The predicted octanol–water partition coefficient (Wildman–Crippen LogP) is 5.25. The van der Waals surface area contributed by atoms with Crippen LogP contribution in [-0.2, 0) is 5.67 Å². The van der Waals surface area contributed by atoms with E-state index in [9.17, 15) is 30.7 Å². The van der Waals surface area contributed by atoms with Gasteiger partial charge in [-0.25, -0.2) is 4.39 Å². The molecular formula is C15H11F7N. The molecule has 1 radical (unpaired) electrons. The Hall–Kier alpha value is -1.86. The van der Waals surface area contributed by atoms with Crippen LogP contribution in [0.3, 0.4) is 0 Å². The number of aromatic nitrogens is 1. The van der Waals surface area contributed by atoms with Gasteiger partial charge in [-0.1, -0.05) is 0 Å². The zero-order valence-electron chi connectivity index (χ0n) is 12.2. The second-order valence-electron chi connectivity index (χ2n) is 5.29. The van der Waals surface area contributed by atoms with Crippen molar-refractivity contribution in [2.75, 3.05) is 0 Å². The molecule has 0 bridgehead atoms. The Balaban J connectivity index is 2.84. The van der Waals surface area contributed by atoms with Crippen LogP contribution in [0.1, 0.15) is 22.4 Å². The third-order valence-electron chi connectivity index (χ3n) is 3.62. The van der Waals surface area contributed by atoms with Gasteiger partial charge in [0.1, 0.15) is 0 Å². The molecule has 0 aliphatic heterocycles. The number of pyridine rings is 1. The van der Waals surface area contributed by atoms with Gasteiger partial charge < -0.3 is 0 Å². The quantitative estimate of drug-likeness (QED) is 0.647. The summed E-state index contributed by atoms with van der Waals surface area (Å²) in [5.74, 6) is 0. The summed E-state index contributed by atoms with van der Waals surface area (Å²) in [6.45, 7) is 4.46. The number of hydrogen-bond acceptors (Lipinski definition) is 1. The van der Waals surface area contributed by atoms with E-state index in [0.29, 0.717) is 23.4 Å². The fraction of sp³-hybridized carbons (Fsp3) is 0.400. The first kappa shape index (κ1) is 17.5. The van der Waals surface area contributed by atoms with Gasteiger partial charge in [-0.2, -0.15) is 26.3 Å². The number of fused-ring (bicyclic) bond motifs is 1. The molecule has 0 aliphatic carbocycles. The number of halogens is 7. The van der Waals surface area contributed by atoms with Crippen molar-refractivity contribution in [2.45, 2.75) is 38.8 Å². The molecule has 2 rings (SSSR count). The average molecular weight is 338 g/mol. The van der Waals surface area contributed by atoms with Crippen LogP contribution in [0.4, 0.5) is 30.7 Å². The number of hydrogen-bond donors (Lipinski definition) is 0. The Labute approximate surface area is 127 Å². The molecule has 0 saturated carbocycles. The predicted molar refractivity (Wildman–Crippen MR) is 69.7 cm³/mol. The smallest absolute Gasteiger partial charge is 0.253 e. The van der Waals surface area contributed by atoms with Crippen molar-refractivity contribution in [3.63, 3.8) is 0 Å². The van der Waals surface area contributed by atoms with Crippen LogP contribution in [-0.4, -0.2) is 17.3 Å². The second kappa shape index (κ2) is 5.07. The Morgan fingerprint density at radius 2 is 1.39 bits per heavy atom. The zero-order chi connectivity index (χ0) is 17.8. The summed E-state index contributed by atoms with van der Waals surface area (Å²) in [5, 5.41) is -0.0985. The van der Waals surface area contributed by atoms with Crippen LogP contribution in [0, 0.1) is 26.8 Å². The summed E-state index contributed by atoms with van der Waals surface area (Å²) in [7, 11) is 0. The molecule has 1 heterocycles. The van der Waals surface area contributed by atoms with Gasteiger partial charge in [-0.3, -0.25) is 4.98 Å². The first-order valence-corrected chi connectivity index (χ1v) is 6.42. The van der Waals surface area contributed by atoms with Crippen LogP contribution in [0.15, 0.2) is 12.1 Å². The maximum Gasteiger partial charge on any atom is 0.435 e. The van der Waals surface area contributed by atoms with Gasteiger partial charge in [0.15, 0.2) is 0 Å². The number of alkyl halides is 7. The van der Waals surface area contributed by atoms with Gasteiger partial charge in [0.2, 0.25) is 0 Å². The molecule has 1 aromatic carbocycles. The lowest BCUT2D eigenvalue weighted by Crippen LogP contribution is -2.50. The maximum atomic E-state index is 14.1. The minimum absolute atomic E-state index is 0.00683. The molecule has 0 spiro atoms. The Kier molecular flexibility index (Phi) is 3.86. The van der Waals surface area contributed by atoms with Crippen LogP contribution in [0.25, 0.3) is 10.9 Å². The van der Waals surface area contributed by atoms with E-state index < -0.39 is 23.6 Å². The van der Waals surface area contributed by atoms with Crippen molar-refractivity contribution in [1.82, 2.24) is 4.98 Å². The lowest BCUT2D eigenvalue weighted by Gasteiger charge is -2.30. The minimum Gasteiger partial charge on any atom is -0.253 e. The highest BCUT2D eigenvalue weighted by Gasteiger charge is 2.73. The maximum absolute atomic E-state index is 14.1. The third kappa shape index (κ3) is 2.64. The molecule has 0 saturated heterocycles. The van der Waals surface area contributed by atoms with Gasteiger partial charge in [-0.15, -0.1) is 0 Å². The van der Waals surface area contributed by atoms with Crippen molar-refractivity contribution in [2.24, 2.45) is 0 Å². The van der Waals surface area contributed by atoms with Crippen LogP contribution in [0.5, 0.6) is 0 Å². The molecule has 125 valence electrons. The van der Waals surface area contributed by atoms with Crippen molar-refractivity contribution >= 4 is 10.9 Å². The highest BCUT2D eigenvalue weighted by atomic mass is 19.4. The molecule has 1 nitrogen and oxygen atoms in total. The van der Waals surface area contributed by atoms with Gasteiger partial charge in [0.25, 0.3) is 0 Å². The van der Waals surface area contributed by atoms with E-state index in [4.69, 9.17) is 0 Å². The SMILES string of the molecule is Cc1[c]c2cc(C(F)(C(F)(F)F)C(F)(F)F)cc(C)c2nc1C. The summed E-state index contributed by atoms with van der Waals surface area (Å²) < 4.78 is 91.2. The number of benzene rings is 1. The van der Waals surface area contributed by atoms with Crippen molar-refractivity contribution in [3.05, 3.63) is 40.6 Å². The number of rotatable bonds is 1. The highest BCUT2D eigenvalue weighted by molar-refractivity contribution is 5.83. The summed E-state index contributed by atoms with van der Waals surface area (Å²) in [6, 6.07) is 3.68. The first-order chi connectivity index (χ1) is 10.3. The standard InChI is InChI=1S/C15H11F7N/c1-7-4-10-6-11(5-8(2)12(10)23-9(7)3)13(16,14(17,18)19)15(20,21)22/h5-6H,1-3H3. The highest BCUT2D eigenvalue weighted by Crippen LogP contribution is 2.53. The molecular weight excluding hydrogens is 327 g/mol. The number of nitrogens with zero attached hydrogens (tertiary/aromatic N) is 1. The fourth-order valence-corrected chi connectivity index (χ4v) is 2.25. The van der Waals surface area contributed by atoms with Crippen LogP contribution < -0.4 is 0 Å². The molecule has 0 fully saturated rings. The van der Waals surface area contributed by atoms with Crippen molar-refractivity contribution in [3.8, 4) is 0 Å². The molecule has 0 aliphatic rings. The lowest BCUT2D eigenvalue weighted by molar-refractivity contribution is -0.348. The summed E-state index contributed by atoms with van der Waals surface area (Å²) >= 11 is 0. The van der Waals surface area contributed by atoms with E-state index in [2.05, 4.69) is 11.1 Å². The molecule has 1 aromatic heterocycles. The molecule has 2 aromatic rings. The summed E-state index contributed by atoms with van der Waals surface area (Å²) in [5.41, 5.74) is -5.80. The molecule has 0 atom stereocenters. The minimum atomic E-state index is -6.14. The fourth-order valence-electron chi connectivity index (χ4n) is 2.25. The number of aryl methyl sites for hydroxylation is 3. The average Bonchev–Trinajstić information content (AvgIpc) is 2.37. The van der Waals surface area contributed by atoms with E-state index >= 15 is 0 Å².